The fourth-order valence-electron chi connectivity index (χ4n) is 2.88. The van der Waals surface area contributed by atoms with Crippen LogP contribution in [0.3, 0.4) is 0 Å². The monoisotopic (exact) mass is 435 g/mol. The van der Waals surface area contributed by atoms with Crippen molar-refractivity contribution in [3.05, 3.63) is 48.0 Å². The summed E-state index contributed by atoms with van der Waals surface area (Å²) in [6.07, 6.45) is 0.0923. The van der Waals surface area contributed by atoms with E-state index >= 15 is 0 Å². The van der Waals surface area contributed by atoms with Gasteiger partial charge in [-0.2, -0.15) is 0 Å². The topological polar surface area (TPSA) is 111 Å². The van der Waals surface area contributed by atoms with Crippen molar-refractivity contribution in [3.8, 4) is 11.5 Å². The molecule has 2 aromatic rings. The third-order valence-corrected chi connectivity index (χ3v) is 5.55. The number of anilines is 1. The van der Waals surface area contributed by atoms with Gasteiger partial charge in [0.05, 0.1) is 18.4 Å². The van der Waals surface area contributed by atoms with E-state index in [1.54, 1.807) is 37.4 Å². The van der Waals surface area contributed by atoms with E-state index in [2.05, 4.69) is 24.1 Å². The molecule has 0 saturated carbocycles. The summed E-state index contributed by atoms with van der Waals surface area (Å²) in [5.74, 6) is 0.906. The second-order valence-electron chi connectivity index (χ2n) is 6.65. The summed E-state index contributed by atoms with van der Waals surface area (Å²) in [5, 5.41) is 7.90. The Hall–Kier alpha value is -2.62. The fraction of sp³-hybridized carbons (Fsp3) is 0.381. The van der Waals surface area contributed by atoms with Crippen molar-refractivity contribution in [2.24, 2.45) is 5.14 Å². The number of ether oxygens (including phenoxy) is 2. The molecule has 0 radical (unpaired) electrons. The Morgan fingerprint density at radius 3 is 2.30 bits per heavy atom. The molecule has 0 aliphatic rings. The Balaban J connectivity index is 2.00. The second kappa shape index (κ2) is 11.0. The summed E-state index contributed by atoms with van der Waals surface area (Å²) in [6.45, 7) is 7.40. The predicted octanol–water partition coefficient (Wildman–Crippen LogP) is 2.24. The Kier molecular flexibility index (Phi) is 8.64. The van der Waals surface area contributed by atoms with E-state index < -0.39 is 10.0 Å². The van der Waals surface area contributed by atoms with Gasteiger partial charge in [-0.05, 0) is 42.9 Å². The molecule has 0 aromatic heterocycles. The minimum Gasteiger partial charge on any atom is -0.493 e. The average Bonchev–Trinajstić information content (AvgIpc) is 2.71. The van der Waals surface area contributed by atoms with Crippen LogP contribution in [0.5, 0.6) is 11.5 Å². The lowest BCUT2D eigenvalue weighted by atomic mass is 10.1. The summed E-state index contributed by atoms with van der Waals surface area (Å²) in [5.41, 5.74) is 1.25. The maximum absolute atomic E-state index is 12.4. The number of nitrogens with zero attached hydrogens (tertiary/aromatic N) is 1. The van der Waals surface area contributed by atoms with Crippen LogP contribution in [0.1, 0.15) is 19.4 Å². The molecule has 0 unspecified atom stereocenters. The molecule has 1 amide bonds. The van der Waals surface area contributed by atoms with E-state index in [1.165, 1.54) is 12.1 Å². The zero-order chi connectivity index (χ0) is 22.1. The number of sulfonamides is 1. The molecule has 0 spiro atoms. The number of rotatable bonds is 11. The second-order valence-corrected chi connectivity index (χ2v) is 8.22. The largest absolute Gasteiger partial charge is 0.493 e. The molecule has 0 bridgehead atoms. The summed E-state index contributed by atoms with van der Waals surface area (Å²) >= 11 is 0. The Labute approximate surface area is 178 Å². The first-order valence-corrected chi connectivity index (χ1v) is 11.3. The molecular weight excluding hydrogens is 406 g/mol. The number of nitrogens with one attached hydrogen (secondary N) is 1. The highest BCUT2D eigenvalue weighted by Gasteiger charge is 2.11. The normalized spacial score (nSPS) is 11.4. The van der Waals surface area contributed by atoms with Gasteiger partial charge in [-0.15, -0.1) is 0 Å². The molecule has 0 saturated heterocycles. The molecule has 0 aliphatic carbocycles. The molecule has 0 atom stereocenters. The zero-order valence-corrected chi connectivity index (χ0v) is 18.4. The lowest BCUT2D eigenvalue weighted by Crippen LogP contribution is -2.28. The number of methoxy groups -OCH3 is 1. The molecule has 8 nitrogen and oxygen atoms in total. The van der Waals surface area contributed by atoms with Crippen LogP contribution in [0.4, 0.5) is 5.69 Å². The summed E-state index contributed by atoms with van der Waals surface area (Å²) in [7, 11) is -2.19. The zero-order valence-electron chi connectivity index (χ0n) is 17.6. The highest BCUT2D eigenvalue weighted by molar-refractivity contribution is 7.89. The van der Waals surface area contributed by atoms with E-state index in [1.807, 2.05) is 0 Å². The van der Waals surface area contributed by atoms with Gasteiger partial charge in [-0.3, -0.25) is 4.79 Å². The number of carbonyl (C=O) groups is 1. The Bertz CT molecular complexity index is 942. The van der Waals surface area contributed by atoms with Crippen LogP contribution in [-0.4, -0.2) is 52.6 Å². The van der Waals surface area contributed by atoms with Crippen molar-refractivity contribution in [1.82, 2.24) is 4.90 Å². The first-order valence-electron chi connectivity index (χ1n) is 9.71. The first-order chi connectivity index (χ1) is 14.3. The van der Waals surface area contributed by atoms with Crippen LogP contribution >= 0.6 is 0 Å². The number of primary sulfonamides is 1. The highest BCUT2D eigenvalue weighted by atomic mass is 32.2. The molecule has 2 rings (SSSR count). The Morgan fingerprint density at radius 1 is 1.07 bits per heavy atom. The number of benzene rings is 2. The lowest BCUT2D eigenvalue weighted by Gasteiger charge is -2.19. The molecule has 0 heterocycles. The van der Waals surface area contributed by atoms with Gasteiger partial charge in [-0.1, -0.05) is 26.0 Å². The van der Waals surface area contributed by atoms with Gasteiger partial charge in [0.2, 0.25) is 15.9 Å². The highest BCUT2D eigenvalue weighted by Crippen LogP contribution is 2.30. The van der Waals surface area contributed by atoms with Gasteiger partial charge < -0.3 is 19.7 Å². The van der Waals surface area contributed by atoms with Gasteiger partial charge in [0, 0.05) is 18.3 Å². The van der Waals surface area contributed by atoms with Crippen molar-refractivity contribution in [2.45, 2.75) is 25.2 Å². The third-order valence-electron chi connectivity index (χ3n) is 4.62. The van der Waals surface area contributed by atoms with E-state index in [0.717, 1.165) is 19.6 Å². The SMILES string of the molecule is CCN(CC)CCOc1cc(NC(=O)Cc2ccc(S(N)(=O)=O)cc2)ccc1OC. The maximum atomic E-state index is 12.4. The number of nitrogens with two attached hydrogens (primary N) is 1. The van der Waals surface area contributed by atoms with Crippen LogP contribution < -0.4 is 19.9 Å². The minimum absolute atomic E-state index is 0.00770. The van der Waals surface area contributed by atoms with Gasteiger partial charge in [-0.25, -0.2) is 13.6 Å². The average molecular weight is 436 g/mol. The third kappa shape index (κ3) is 7.01. The van der Waals surface area contributed by atoms with Crippen LogP contribution in [0.15, 0.2) is 47.4 Å². The predicted molar refractivity (Wildman–Crippen MR) is 116 cm³/mol. The Morgan fingerprint density at radius 2 is 1.73 bits per heavy atom. The van der Waals surface area contributed by atoms with Gasteiger partial charge >= 0.3 is 0 Å². The number of carbonyl (C=O) groups excluding carboxylic acids is 1. The first kappa shape index (κ1) is 23.7. The summed E-state index contributed by atoms with van der Waals surface area (Å²) < 4.78 is 33.8. The molecule has 30 heavy (non-hydrogen) atoms. The molecule has 2 aromatic carbocycles. The molecular formula is C21H29N3O5S. The van der Waals surface area contributed by atoms with Crippen LogP contribution in [0.25, 0.3) is 0 Å². The number of hydrogen-bond acceptors (Lipinski definition) is 6. The van der Waals surface area contributed by atoms with E-state index in [4.69, 9.17) is 14.6 Å². The van der Waals surface area contributed by atoms with Gasteiger partial charge in [0.15, 0.2) is 11.5 Å². The number of hydrogen-bond donors (Lipinski definition) is 2. The standard InChI is InChI=1S/C21H29N3O5S/c1-4-24(5-2)12-13-29-20-15-17(8-11-19(20)28-3)23-21(25)14-16-6-9-18(10-7-16)30(22,26)27/h6-11,15H,4-5,12-14H2,1-3H3,(H,23,25)(H2,22,26,27). The summed E-state index contributed by atoms with van der Waals surface area (Å²) in [6, 6.07) is 11.1. The molecule has 0 fully saturated rings. The van der Waals surface area contributed by atoms with E-state index in [-0.39, 0.29) is 17.2 Å². The number of likely N-dealkylation sites (N-methyl/N-ethyl adjacent to an activating group) is 1. The minimum atomic E-state index is -3.75. The van der Waals surface area contributed by atoms with Crippen molar-refractivity contribution < 1.29 is 22.7 Å². The fourth-order valence-corrected chi connectivity index (χ4v) is 3.39. The lowest BCUT2D eigenvalue weighted by molar-refractivity contribution is -0.115. The van der Waals surface area contributed by atoms with Crippen LogP contribution in [-0.2, 0) is 21.2 Å². The smallest absolute Gasteiger partial charge is 0.238 e. The molecule has 164 valence electrons. The molecule has 3 N–H and O–H groups in total. The van der Waals surface area contributed by atoms with Crippen molar-refractivity contribution >= 4 is 21.6 Å². The maximum Gasteiger partial charge on any atom is 0.238 e. The van der Waals surface area contributed by atoms with Crippen molar-refractivity contribution in [2.75, 3.05) is 38.7 Å². The van der Waals surface area contributed by atoms with Gasteiger partial charge in [0.25, 0.3) is 0 Å². The molecule has 0 aliphatic heterocycles. The van der Waals surface area contributed by atoms with Crippen LogP contribution in [0.2, 0.25) is 0 Å². The van der Waals surface area contributed by atoms with E-state index in [9.17, 15) is 13.2 Å². The molecule has 9 heteroatoms. The number of amides is 1. The van der Waals surface area contributed by atoms with Crippen molar-refractivity contribution in [1.29, 1.82) is 0 Å². The van der Waals surface area contributed by atoms with Gasteiger partial charge in [0.1, 0.15) is 6.61 Å². The quantitative estimate of drug-likeness (QED) is 0.560. The van der Waals surface area contributed by atoms with Crippen LogP contribution in [0, 0.1) is 0 Å². The van der Waals surface area contributed by atoms with Crippen molar-refractivity contribution in [3.63, 3.8) is 0 Å². The summed E-state index contributed by atoms with van der Waals surface area (Å²) in [4.78, 5) is 14.6. The van der Waals surface area contributed by atoms with E-state index in [0.29, 0.717) is 29.4 Å².